The van der Waals surface area contributed by atoms with Crippen LogP contribution >= 0.6 is 0 Å². The van der Waals surface area contributed by atoms with Gasteiger partial charge in [0, 0.05) is 57.7 Å². The van der Waals surface area contributed by atoms with Crippen molar-refractivity contribution in [1.29, 1.82) is 0 Å². The highest BCUT2D eigenvalue weighted by molar-refractivity contribution is 7.91. The van der Waals surface area contributed by atoms with Gasteiger partial charge < -0.3 is 15.1 Å². The van der Waals surface area contributed by atoms with Crippen LogP contribution < -0.4 is 15.1 Å². The van der Waals surface area contributed by atoms with Gasteiger partial charge in [0.25, 0.3) is 0 Å². The lowest BCUT2D eigenvalue weighted by atomic mass is 10.1. The summed E-state index contributed by atoms with van der Waals surface area (Å²) >= 11 is 0. The molecule has 0 bridgehead atoms. The van der Waals surface area contributed by atoms with E-state index < -0.39 is 9.84 Å². The second kappa shape index (κ2) is 6.51. The summed E-state index contributed by atoms with van der Waals surface area (Å²) in [6, 6.07) is 1.76. The molecule has 0 saturated carbocycles. The number of aromatic nitrogens is 4. The van der Waals surface area contributed by atoms with Crippen molar-refractivity contribution in [2.75, 3.05) is 41.4 Å². The lowest BCUT2D eigenvalue weighted by molar-refractivity contribution is 0.422. The molecule has 2 aliphatic heterocycles. The quantitative estimate of drug-likeness (QED) is 0.756. The molecule has 2 aromatic rings. The van der Waals surface area contributed by atoms with Crippen molar-refractivity contribution < 1.29 is 8.42 Å². The minimum Gasteiger partial charge on any atom is -0.350 e. The first-order chi connectivity index (χ1) is 12.4. The Morgan fingerprint density at radius 3 is 3.00 bits per heavy atom. The van der Waals surface area contributed by atoms with Gasteiger partial charge in [0.2, 0.25) is 5.95 Å². The molecule has 0 amide bonds. The van der Waals surface area contributed by atoms with Gasteiger partial charge in [0.1, 0.15) is 5.82 Å². The molecule has 0 aliphatic carbocycles. The smallest absolute Gasteiger partial charge is 0.227 e. The monoisotopic (exact) mass is 377 g/mol. The second-order valence-corrected chi connectivity index (χ2v) is 9.15. The van der Waals surface area contributed by atoms with E-state index in [1.54, 1.807) is 10.9 Å². The number of anilines is 2. The fourth-order valence-corrected chi connectivity index (χ4v) is 5.69. The van der Waals surface area contributed by atoms with Crippen LogP contribution in [0, 0.1) is 0 Å². The maximum absolute atomic E-state index is 12.0. The van der Waals surface area contributed by atoms with Crippen LogP contribution in [0.25, 0.3) is 0 Å². The Morgan fingerprint density at radius 2 is 2.23 bits per heavy atom. The number of nitrogens with one attached hydrogen (secondary N) is 1. The molecule has 2 fully saturated rings. The molecule has 10 heteroatoms. The Morgan fingerprint density at radius 1 is 1.38 bits per heavy atom. The molecule has 0 unspecified atom stereocenters. The van der Waals surface area contributed by atoms with E-state index in [1.807, 2.05) is 37.5 Å². The first-order valence-electron chi connectivity index (χ1n) is 8.63. The van der Waals surface area contributed by atoms with Crippen molar-refractivity contribution in [2.24, 2.45) is 7.05 Å². The average molecular weight is 377 g/mol. The third-order valence-electron chi connectivity index (χ3n) is 4.92. The van der Waals surface area contributed by atoms with E-state index in [1.165, 1.54) is 0 Å². The normalized spacial score (nSPS) is 24.5. The minimum atomic E-state index is -3.00. The van der Waals surface area contributed by atoms with E-state index in [-0.39, 0.29) is 23.6 Å². The number of piperazine rings is 1. The van der Waals surface area contributed by atoms with Crippen molar-refractivity contribution in [3.63, 3.8) is 0 Å². The van der Waals surface area contributed by atoms with Gasteiger partial charge >= 0.3 is 0 Å². The molecule has 0 aromatic carbocycles. The van der Waals surface area contributed by atoms with Gasteiger partial charge in [-0.2, -0.15) is 10.1 Å². The van der Waals surface area contributed by atoms with Crippen molar-refractivity contribution >= 4 is 21.6 Å². The Balaban J connectivity index is 1.55. The zero-order valence-corrected chi connectivity index (χ0v) is 15.7. The molecule has 2 aliphatic rings. The van der Waals surface area contributed by atoms with E-state index in [2.05, 4.69) is 20.3 Å². The number of rotatable bonds is 4. The van der Waals surface area contributed by atoms with Crippen molar-refractivity contribution in [1.82, 2.24) is 25.1 Å². The molecule has 4 rings (SSSR count). The maximum atomic E-state index is 12.0. The largest absolute Gasteiger partial charge is 0.350 e. The fraction of sp³-hybridized carbons (Fsp3) is 0.562. The highest BCUT2D eigenvalue weighted by Crippen LogP contribution is 2.26. The van der Waals surface area contributed by atoms with E-state index in [4.69, 9.17) is 4.98 Å². The zero-order chi connectivity index (χ0) is 18.3. The zero-order valence-electron chi connectivity index (χ0n) is 14.9. The molecule has 2 saturated heterocycles. The van der Waals surface area contributed by atoms with Crippen LogP contribution in [0.15, 0.2) is 24.7 Å². The predicted octanol–water partition coefficient (Wildman–Crippen LogP) is -0.578. The molecule has 9 nitrogen and oxygen atoms in total. The molecule has 0 spiro atoms. The van der Waals surface area contributed by atoms with E-state index in [9.17, 15) is 8.42 Å². The standard InChI is InChI=1S/C16H23N7O2S/c1-21(8-12-7-19-22(2)9-12)16-18-4-3-15(20-16)23-6-5-17-13-10-26(24,25)11-14(13)23/h3-4,7,9,13-14,17H,5-6,8,10-11H2,1-2H3/t13-,14+/m0/s1. The summed E-state index contributed by atoms with van der Waals surface area (Å²) in [6.45, 7) is 2.14. The van der Waals surface area contributed by atoms with Gasteiger partial charge in [-0.1, -0.05) is 0 Å². The average Bonchev–Trinajstić information content (AvgIpc) is 3.15. The van der Waals surface area contributed by atoms with Crippen LogP contribution in [0.5, 0.6) is 0 Å². The Kier molecular flexibility index (Phi) is 4.31. The Labute approximate surface area is 153 Å². The third-order valence-corrected chi connectivity index (χ3v) is 6.64. The van der Waals surface area contributed by atoms with Gasteiger partial charge in [-0.15, -0.1) is 0 Å². The molecular weight excluding hydrogens is 354 g/mol. The van der Waals surface area contributed by atoms with Crippen LogP contribution in [0.2, 0.25) is 0 Å². The summed E-state index contributed by atoms with van der Waals surface area (Å²) in [5.74, 6) is 1.77. The highest BCUT2D eigenvalue weighted by atomic mass is 32.2. The summed E-state index contributed by atoms with van der Waals surface area (Å²) in [7, 11) is 0.821. The van der Waals surface area contributed by atoms with Crippen LogP contribution in [0.4, 0.5) is 11.8 Å². The molecule has 0 radical (unpaired) electrons. The maximum Gasteiger partial charge on any atom is 0.227 e. The van der Waals surface area contributed by atoms with Gasteiger partial charge in [-0.3, -0.25) is 4.68 Å². The number of hydrogen-bond acceptors (Lipinski definition) is 8. The molecule has 140 valence electrons. The molecule has 2 aromatic heterocycles. The highest BCUT2D eigenvalue weighted by Gasteiger charge is 2.43. The van der Waals surface area contributed by atoms with Crippen molar-refractivity contribution in [3.05, 3.63) is 30.2 Å². The van der Waals surface area contributed by atoms with E-state index in [0.29, 0.717) is 12.5 Å². The van der Waals surface area contributed by atoms with Gasteiger partial charge in [0.15, 0.2) is 9.84 Å². The number of aryl methyl sites for hydroxylation is 1. The molecule has 1 N–H and O–H groups in total. The Bertz CT molecular complexity index is 898. The SMILES string of the molecule is CN(Cc1cnn(C)c1)c1nccc(N2CCN[C@H]3CS(=O)(=O)C[C@H]32)n1. The van der Waals surface area contributed by atoms with Crippen LogP contribution in [0.1, 0.15) is 5.56 Å². The Hall–Kier alpha value is -2.20. The van der Waals surface area contributed by atoms with Crippen LogP contribution in [-0.2, 0) is 23.4 Å². The van der Waals surface area contributed by atoms with E-state index >= 15 is 0 Å². The van der Waals surface area contributed by atoms with Gasteiger partial charge in [-0.25, -0.2) is 13.4 Å². The van der Waals surface area contributed by atoms with Crippen molar-refractivity contribution in [2.45, 2.75) is 18.6 Å². The summed E-state index contributed by atoms with van der Waals surface area (Å²) in [5, 5.41) is 7.51. The molecular formula is C16H23N7O2S. The first kappa shape index (κ1) is 17.2. The van der Waals surface area contributed by atoms with Gasteiger partial charge in [-0.05, 0) is 6.07 Å². The first-order valence-corrected chi connectivity index (χ1v) is 10.5. The van der Waals surface area contributed by atoms with Crippen molar-refractivity contribution in [3.8, 4) is 0 Å². The number of sulfone groups is 1. The third kappa shape index (κ3) is 3.38. The van der Waals surface area contributed by atoms with E-state index in [0.717, 1.165) is 24.5 Å². The minimum absolute atomic E-state index is 0.0275. The summed E-state index contributed by atoms with van der Waals surface area (Å²) < 4.78 is 25.8. The molecule has 4 heterocycles. The van der Waals surface area contributed by atoms with Crippen LogP contribution in [0.3, 0.4) is 0 Å². The summed E-state index contributed by atoms with van der Waals surface area (Å²) in [5.41, 5.74) is 1.08. The number of nitrogens with zero attached hydrogens (tertiary/aromatic N) is 6. The lowest BCUT2D eigenvalue weighted by Gasteiger charge is -2.38. The summed E-state index contributed by atoms with van der Waals surface area (Å²) in [4.78, 5) is 13.1. The molecule has 2 atom stereocenters. The number of fused-ring (bicyclic) bond motifs is 1. The van der Waals surface area contributed by atoms with Crippen LogP contribution in [-0.4, -0.2) is 71.9 Å². The summed E-state index contributed by atoms with van der Waals surface area (Å²) in [6.07, 6.45) is 5.52. The fourth-order valence-electron chi connectivity index (χ4n) is 3.73. The second-order valence-electron chi connectivity index (χ2n) is 6.99. The number of hydrogen-bond donors (Lipinski definition) is 1. The lowest BCUT2D eigenvalue weighted by Crippen LogP contribution is -2.57. The predicted molar refractivity (Wildman–Crippen MR) is 98.9 cm³/mol. The van der Waals surface area contributed by atoms with Gasteiger partial charge in [0.05, 0.1) is 23.7 Å². The molecule has 26 heavy (non-hydrogen) atoms. The topological polar surface area (TPSA) is 96.3 Å².